The molecule has 0 aliphatic carbocycles. The second-order valence-corrected chi connectivity index (χ2v) is 7.47. The molecule has 152 valence electrons. The summed E-state index contributed by atoms with van der Waals surface area (Å²) in [4.78, 5) is 36.7. The molecular weight excluding hydrogens is 368 g/mol. The van der Waals surface area contributed by atoms with Crippen LogP contribution in [0.2, 0.25) is 0 Å². The fourth-order valence-corrected chi connectivity index (χ4v) is 3.83. The van der Waals surface area contributed by atoms with E-state index in [1.54, 1.807) is 31.2 Å². The van der Waals surface area contributed by atoms with Gasteiger partial charge in [-0.3, -0.25) is 14.4 Å². The maximum Gasteiger partial charge on any atom is 0.315 e. The number of aliphatic carboxylic acids is 1. The molecule has 29 heavy (non-hydrogen) atoms. The van der Waals surface area contributed by atoms with Crippen molar-refractivity contribution in [2.75, 3.05) is 11.9 Å². The van der Waals surface area contributed by atoms with Gasteiger partial charge in [-0.25, -0.2) is 0 Å². The van der Waals surface area contributed by atoms with E-state index in [9.17, 15) is 19.5 Å². The molecule has 0 saturated heterocycles. The van der Waals surface area contributed by atoms with Gasteiger partial charge in [0.15, 0.2) is 0 Å². The van der Waals surface area contributed by atoms with Gasteiger partial charge >= 0.3 is 5.97 Å². The van der Waals surface area contributed by atoms with Crippen LogP contribution in [0.25, 0.3) is 0 Å². The van der Waals surface area contributed by atoms with Gasteiger partial charge in [0.25, 0.3) is 0 Å². The average molecular weight is 394 g/mol. The molecule has 0 saturated carbocycles. The van der Waals surface area contributed by atoms with Crippen molar-refractivity contribution >= 4 is 23.5 Å². The first-order valence-corrected chi connectivity index (χ1v) is 9.90. The second kappa shape index (κ2) is 8.90. The van der Waals surface area contributed by atoms with Crippen LogP contribution < -0.4 is 10.6 Å². The van der Waals surface area contributed by atoms with Crippen LogP contribution in [-0.4, -0.2) is 29.4 Å². The topological polar surface area (TPSA) is 95.5 Å². The molecule has 2 atom stereocenters. The minimum atomic E-state index is -1.17. The summed E-state index contributed by atoms with van der Waals surface area (Å²) in [5.41, 5.74) is 1.39. The fourth-order valence-electron chi connectivity index (χ4n) is 3.83. The molecule has 0 radical (unpaired) electrons. The number of benzene rings is 2. The third-order valence-electron chi connectivity index (χ3n) is 5.76. The predicted molar refractivity (Wildman–Crippen MR) is 111 cm³/mol. The summed E-state index contributed by atoms with van der Waals surface area (Å²) in [6, 6.07) is 16.6. The molecule has 0 fully saturated rings. The van der Waals surface area contributed by atoms with Crippen LogP contribution >= 0.6 is 0 Å². The molecule has 0 bridgehead atoms. The van der Waals surface area contributed by atoms with Crippen molar-refractivity contribution in [3.8, 4) is 0 Å². The maximum absolute atomic E-state index is 12.4. The van der Waals surface area contributed by atoms with Gasteiger partial charge < -0.3 is 15.7 Å². The van der Waals surface area contributed by atoms with Crippen LogP contribution in [0.15, 0.2) is 54.6 Å². The van der Waals surface area contributed by atoms with Crippen LogP contribution in [0, 0.1) is 5.92 Å². The van der Waals surface area contributed by atoms with Gasteiger partial charge in [-0.2, -0.15) is 0 Å². The lowest BCUT2D eigenvalue weighted by atomic mass is 9.78. The number of carbonyl (C=O) groups is 3. The molecule has 1 aliphatic heterocycles. The van der Waals surface area contributed by atoms with Crippen LogP contribution in [0.5, 0.6) is 0 Å². The van der Waals surface area contributed by atoms with E-state index in [1.165, 1.54) is 0 Å². The highest BCUT2D eigenvalue weighted by Crippen LogP contribution is 2.29. The summed E-state index contributed by atoms with van der Waals surface area (Å²) in [5.74, 6) is -1.55. The molecule has 6 heteroatoms. The van der Waals surface area contributed by atoms with Gasteiger partial charge in [0.05, 0.1) is 0 Å². The Hall–Kier alpha value is -3.15. The number of rotatable bonds is 8. The summed E-state index contributed by atoms with van der Waals surface area (Å²) < 4.78 is 0. The van der Waals surface area contributed by atoms with Gasteiger partial charge in [-0.05, 0) is 36.5 Å². The van der Waals surface area contributed by atoms with Crippen molar-refractivity contribution < 1.29 is 19.5 Å². The number of hydrogen-bond donors (Lipinski definition) is 3. The van der Waals surface area contributed by atoms with E-state index in [4.69, 9.17) is 0 Å². The minimum absolute atomic E-state index is 0.0153. The Morgan fingerprint density at radius 1 is 1.14 bits per heavy atom. The van der Waals surface area contributed by atoms with Crippen LogP contribution in [0.4, 0.5) is 5.69 Å². The zero-order chi connectivity index (χ0) is 20.9. The SMILES string of the molecule is CCC(CNC(=O)CCC1Cc2ccccc2NC1=O)(C(=O)O)c1ccccc1. The zero-order valence-corrected chi connectivity index (χ0v) is 16.5. The molecule has 1 heterocycles. The Kier molecular flexibility index (Phi) is 6.32. The molecule has 3 rings (SSSR count). The summed E-state index contributed by atoms with van der Waals surface area (Å²) >= 11 is 0. The Labute approximate surface area is 170 Å². The smallest absolute Gasteiger partial charge is 0.315 e. The third kappa shape index (κ3) is 4.47. The highest BCUT2D eigenvalue weighted by Gasteiger charge is 2.39. The van der Waals surface area contributed by atoms with Gasteiger partial charge in [0, 0.05) is 24.6 Å². The number of hydrogen-bond acceptors (Lipinski definition) is 3. The van der Waals surface area contributed by atoms with Crippen LogP contribution in [0.1, 0.15) is 37.3 Å². The van der Waals surface area contributed by atoms with Crippen LogP contribution in [0.3, 0.4) is 0 Å². The van der Waals surface area contributed by atoms with E-state index in [0.29, 0.717) is 24.8 Å². The maximum atomic E-state index is 12.4. The Morgan fingerprint density at radius 3 is 2.52 bits per heavy atom. The second-order valence-electron chi connectivity index (χ2n) is 7.47. The predicted octanol–water partition coefficient (Wildman–Crippen LogP) is 3.13. The number of carboxylic acids is 1. The normalized spacial score (nSPS) is 17.6. The summed E-state index contributed by atoms with van der Waals surface area (Å²) in [6.45, 7) is 1.82. The highest BCUT2D eigenvalue weighted by molar-refractivity contribution is 5.96. The van der Waals surface area contributed by atoms with Crippen molar-refractivity contribution in [1.82, 2.24) is 5.32 Å². The first-order valence-electron chi connectivity index (χ1n) is 9.90. The summed E-state index contributed by atoms with van der Waals surface area (Å²) in [7, 11) is 0. The molecule has 0 spiro atoms. The number of amides is 2. The van der Waals surface area contributed by atoms with Crippen molar-refractivity contribution in [2.45, 2.75) is 38.0 Å². The summed E-state index contributed by atoms with van der Waals surface area (Å²) in [6.07, 6.45) is 1.56. The number of nitrogens with one attached hydrogen (secondary N) is 2. The van der Waals surface area contributed by atoms with Gasteiger partial charge in [0.2, 0.25) is 11.8 Å². The van der Waals surface area contributed by atoms with E-state index < -0.39 is 11.4 Å². The molecule has 0 aromatic heterocycles. The van der Waals surface area contributed by atoms with Crippen LogP contribution in [-0.2, 0) is 26.2 Å². The highest BCUT2D eigenvalue weighted by atomic mass is 16.4. The molecular formula is C23H26N2O4. The van der Waals surface area contributed by atoms with Gasteiger partial charge in [-0.1, -0.05) is 55.5 Å². The van der Waals surface area contributed by atoms with E-state index >= 15 is 0 Å². The third-order valence-corrected chi connectivity index (χ3v) is 5.76. The quantitative estimate of drug-likeness (QED) is 0.641. The lowest BCUT2D eigenvalue weighted by molar-refractivity contribution is -0.144. The monoisotopic (exact) mass is 394 g/mol. The van der Waals surface area contributed by atoms with Crippen molar-refractivity contribution in [3.63, 3.8) is 0 Å². The van der Waals surface area contributed by atoms with Gasteiger partial charge in [0.1, 0.15) is 5.41 Å². The zero-order valence-electron chi connectivity index (χ0n) is 16.5. The van der Waals surface area contributed by atoms with E-state index in [-0.39, 0.29) is 30.7 Å². The molecule has 2 aromatic rings. The van der Waals surface area contributed by atoms with Crippen molar-refractivity contribution in [3.05, 3.63) is 65.7 Å². The lowest BCUT2D eigenvalue weighted by Crippen LogP contribution is -2.46. The Balaban J connectivity index is 1.59. The summed E-state index contributed by atoms with van der Waals surface area (Å²) in [5, 5.41) is 15.5. The van der Waals surface area contributed by atoms with E-state index in [0.717, 1.165) is 11.3 Å². The average Bonchev–Trinajstić information content (AvgIpc) is 2.73. The largest absolute Gasteiger partial charge is 0.481 e. The Bertz CT molecular complexity index is 897. The first-order chi connectivity index (χ1) is 14.0. The molecule has 2 aromatic carbocycles. The number of fused-ring (bicyclic) bond motifs is 1. The Morgan fingerprint density at radius 2 is 1.83 bits per heavy atom. The minimum Gasteiger partial charge on any atom is -0.481 e. The van der Waals surface area contributed by atoms with Crippen molar-refractivity contribution in [1.29, 1.82) is 0 Å². The van der Waals surface area contributed by atoms with E-state index in [2.05, 4.69) is 10.6 Å². The van der Waals surface area contributed by atoms with Crippen molar-refractivity contribution in [2.24, 2.45) is 5.92 Å². The molecule has 2 amide bonds. The number of carboxylic acid groups (broad SMARTS) is 1. The van der Waals surface area contributed by atoms with E-state index in [1.807, 2.05) is 30.3 Å². The fraction of sp³-hybridized carbons (Fsp3) is 0.348. The standard InChI is InChI=1S/C23H26N2O4/c1-2-23(22(28)29,18-9-4-3-5-10-18)15-24-20(26)13-12-17-14-16-8-6-7-11-19(16)25-21(17)27/h3-11,17H,2,12-15H2,1H3,(H,24,26)(H,25,27)(H,28,29). The lowest BCUT2D eigenvalue weighted by Gasteiger charge is -2.29. The number of para-hydroxylation sites is 1. The van der Waals surface area contributed by atoms with Gasteiger partial charge in [-0.15, -0.1) is 0 Å². The molecule has 2 unspecified atom stereocenters. The molecule has 6 nitrogen and oxygen atoms in total. The molecule has 3 N–H and O–H groups in total. The first kappa shape index (κ1) is 20.6. The number of carbonyl (C=O) groups excluding carboxylic acids is 2. The number of anilines is 1. The molecule has 1 aliphatic rings.